The minimum atomic E-state index is -4.40. The van der Waals surface area contributed by atoms with Crippen molar-refractivity contribution in [1.82, 2.24) is 14.9 Å². The van der Waals surface area contributed by atoms with Crippen LogP contribution in [0.25, 0.3) is 11.0 Å². The lowest BCUT2D eigenvalue weighted by Crippen LogP contribution is -2.33. The van der Waals surface area contributed by atoms with Crippen molar-refractivity contribution in [2.24, 2.45) is 5.92 Å². The average Bonchev–Trinajstić information content (AvgIpc) is 2.89. The highest BCUT2D eigenvalue weighted by atomic mass is 19.4. The van der Waals surface area contributed by atoms with Gasteiger partial charge in [-0.3, -0.25) is 4.90 Å². The summed E-state index contributed by atoms with van der Waals surface area (Å²) in [6, 6.07) is 3.09. The van der Waals surface area contributed by atoms with Gasteiger partial charge in [-0.25, -0.2) is 4.98 Å². The number of nitrogens with zero attached hydrogens (tertiary/aromatic N) is 2. The van der Waals surface area contributed by atoms with Crippen molar-refractivity contribution < 1.29 is 13.2 Å². The number of H-pyrrole nitrogens is 1. The zero-order valence-electron chi connectivity index (χ0n) is 14.4. The Morgan fingerprint density at radius 1 is 1.33 bits per heavy atom. The molecule has 1 N–H and O–H groups in total. The van der Waals surface area contributed by atoms with E-state index in [9.17, 15) is 13.2 Å². The van der Waals surface area contributed by atoms with E-state index in [1.807, 2.05) is 19.9 Å². The number of benzene rings is 1. The highest BCUT2D eigenvalue weighted by Gasteiger charge is 2.34. The lowest BCUT2D eigenvalue weighted by molar-refractivity contribution is -0.136. The van der Waals surface area contributed by atoms with E-state index >= 15 is 0 Å². The number of halogens is 3. The van der Waals surface area contributed by atoms with Gasteiger partial charge in [0.25, 0.3) is 0 Å². The van der Waals surface area contributed by atoms with E-state index in [0.717, 1.165) is 19.5 Å². The molecular formula is C18H24F3N3. The monoisotopic (exact) mass is 339 g/mol. The number of fused-ring (bicyclic) bond motifs is 1. The van der Waals surface area contributed by atoms with E-state index in [1.165, 1.54) is 12.5 Å². The predicted octanol–water partition coefficient (Wildman–Crippen LogP) is 4.94. The molecule has 1 aliphatic rings. The molecule has 1 fully saturated rings. The fraction of sp³-hybridized carbons (Fsp3) is 0.611. The molecule has 2 aromatic rings. The first kappa shape index (κ1) is 17.3. The number of aromatic amines is 1. The molecule has 3 rings (SSSR count). The van der Waals surface area contributed by atoms with Crippen molar-refractivity contribution in [3.05, 3.63) is 29.1 Å². The van der Waals surface area contributed by atoms with E-state index in [4.69, 9.17) is 0 Å². The molecule has 1 aromatic heterocycles. The summed E-state index contributed by atoms with van der Waals surface area (Å²) in [5.41, 5.74) is 0.571. The molecular weight excluding hydrogens is 315 g/mol. The molecule has 3 nitrogen and oxygen atoms in total. The van der Waals surface area contributed by atoms with Gasteiger partial charge in [-0.1, -0.05) is 20.8 Å². The first-order valence-corrected chi connectivity index (χ1v) is 8.56. The summed E-state index contributed by atoms with van der Waals surface area (Å²) in [5.74, 6) is 1.26. The molecule has 2 heterocycles. The Bertz CT molecular complexity index is 718. The van der Waals surface area contributed by atoms with Crippen molar-refractivity contribution >= 4 is 11.0 Å². The number of imidazole rings is 1. The summed E-state index contributed by atoms with van der Waals surface area (Å²) in [7, 11) is 0. The second-order valence-corrected chi connectivity index (χ2v) is 7.30. The molecule has 0 saturated carbocycles. The van der Waals surface area contributed by atoms with Crippen LogP contribution < -0.4 is 0 Å². The smallest absolute Gasteiger partial charge is 0.342 e. The van der Waals surface area contributed by atoms with E-state index in [-0.39, 0.29) is 11.4 Å². The molecule has 1 aliphatic heterocycles. The maximum Gasteiger partial charge on any atom is 0.418 e. The Hall–Kier alpha value is -1.56. The number of hydrogen-bond donors (Lipinski definition) is 1. The van der Waals surface area contributed by atoms with Crippen LogP contribution in [-0.4, -0.2) is 28.0 Å². The van der Waals surface area contributed by atoms with E-state index in [0.29, 0.717) is 29.4 Å². The van der Waals surface area contributed by atoms with Crippen molar-refractivity contribution in [2.45, 2.75) is 52.3 Å². The SMILES string of the molecule is CC(C)c1nc2c(C(F)(F)F)cc(CN3CCC[C@@H](C)C3)cc2[nH]1. The second-order valence-electron chi connectivity index (χ2n) is 7.30. The fourth-order valence-electron chi connectivity index (χ4n) is 3.47. The van der Waals surface area contributed by atoms with Gasteiger partial charge in [-0.05, 0) is 43.0 Å². The van der Waals surface area contributed by atoms with Gasteiger partial charge in [0.1, 0.15) is 11.3 Å². The molecule has 0 bridgehead atoms. The van der Waals surface area contributed by atoms with Gasteiger partial charge in [0.15, 0.2) is 0 Å². The van der Waals surface area contributed by atoms with Crippen LogP contribution in [-0.2, 0) is 12.7 Å². The van der Waals surface area contributed by atoms with Crippen molar-refractivity contribution in [1.29, 1.82) is 0 Å². The molecule has 132 valence electrons. The Kier molecular flexibility index (Phi) is 4.60. The maximum absolute atomic E-state index is 13.5. The molecule has 0 amide bonds. The summed E-state index contributed by atoms with van der Waals surface area (Å²) < 4.78 is 40.4. The van der Waals surface area contributed by atoms with Gasteiger partial charge < -0.3 is 4.98 Å². The molecule has 0 unspecified atom stereocenters. The molecule has 0 radical (unpaired) electrons. The van der Waals surface area contributed by atoms with Gasteiger partial charge in [0, 0.05) is 19.0 Å². The Balaban J connectivity index is 1.99. The third kappa shape index (κ3) is 3.58. The highest BCUT2D eigenvalue weighted by Crippen LogP contribution is 2.36. The fourth-order valence-corrected chi connectivity index (χ4v) is 3.47. The lowest BCUT2D eigenvalue weighted by Gasteiger charge is -2.31. The largest absolute Gasteiger partial charge is 0.418 e. The van der Waals surface area contributed by atoms with Crippen LogP contribution in [0.3, 0.4) is 0 Å². The van der Waals surface area contributed by atoms with Crippen LogP contribution in [0.4, 0.5) is 13.2 Å². The van der Waals surface area contributed by atoms with Gasteiger partial charge in [-0.2, -0.15) is 13.2 Å². The number of rotatable bonds is 3. The zero-order chi connectivity index (χ0) is 17.5. The van der Waals surface area contributed by atoms with E-state index in [2.05, 4.69) is 21.8 Å². The molecule has 0 spiro atoms. The minimum absolute atomic E-state index is 0.0296. The summed E-state index contributed by atoms with van der Waals surface area (Å²) >= 11 is 0. The number of nitrogens with one attached hydrogen (secondary N) is 1. The first-order chi connectivity index (χ1) is 11.2. The van der Waals surface area contributed by atoms with Crippen molar-refractivity contribution in [2.75, 3.05) is 13.1 Å². The van der Waals surface area contributed by atoms with E-state index in [1.54, 1.807) is 0 Å². The van der Waals surface area contributed by atoms with Crippen LogP contribution in [0.1, 0.15) is 56.5 Å². The maximum atomic E-state index is 13.5. The molecule has 24 heavy (non-hydrogen) atoms. The molecule has 6 heteroatoms. The summed E-state index contributed by atoms with van der Waals surface area (Å²) in [5, 5.41) is 0. The van der Waals surface area contributed by atoms with Crippen LogP contribution in [0.2, 0.25) is 0 Å². The van der Waals surface area contributed by atoms with Gasteiger partial charge in [0.05, 0.1) is 11.1 Å². The Morgan fingerprint density at radius 2 is 2.08 bits per heavy atom. The quantitative estimate of drug-likeness (QED) is 0.859. The molecule has 0 aliphatic carbocycles. The normalized spacial score (nSPS) is 20.2. The number of hydrogen-bond acceptors (Lipinski definition) is 2. The third-order valence-electron chi connectivity index (χ3n) is 4.66. The second kappa shape index (κ2) is 6.39. The van der Waals surface area contributed by atoms with Crippen molar-refractivity contribution in [3.8, 4) is 0 Å². The van der Waals surface area contributed by atoms with Gasteiger partial charge >= 0.3 is 6.18 Å². The van der Waals surface area contributed by atoms with Crippen LogP contribution >= 0.6 is 0 Å². The highest BCUT2D eigenvalue weighted by molar-refractivity contribution is 5.80. The first-order valence-electron chi connectivity index (χ1n) is 8.56. The standard InChI is InChI=1S/C18H24F3N3/c1-11(2)17-22-15-8-13(10-24-6-4-5-12(3)9-24)7-14(16(15)23-17)18(19,20)21/h7-8,11-12H,4-6,9-10H2,1-3H3,(H,22,23)/t12-/m1/s1. The van der Waals surface area contributed by atoms with Gasteiger partial charge in [-0.15, -0.1) is 0 Å². The van der Waals surface area contributed by atoms with Crippen LogP contribution in [0, 0.1) is 5.92 Å². The van der Waals surface area contributed by atoms with Crippen molar-refractivity contribution in [3.63, 3.8) is 0 Å². The number of likely N-dealkylation sites (tertiary alicyclic amines) is 1. The molecule has 1 saturated heterocycles. The molecule has 1 aromatic carbocycles. The number of alkyl halides is 3. The Labute approximate surface area is 140 Å². The minimum Gasteiger partial charge on any atom is -0.342 e. The third-order valence-corrected chi connectivity index (χ3v) is 4.66. The van der Waals surface area contributed by atoms with Crippen LogP contribution in [0.5, 0.6) is 0 Å². The lowest BCUT2D eigenvalue weighted by atomic mass is 9.99. The number of piperidine rings is 1. The van der Waals surface area contributed by atoms with E-state index < -0.39 is 11.7 Å². The molecule has 1 atom stereocenters. The zero-order valence-corrected chi connectivity index (χ0v) is 14.4. The average molecular weight is 339 g/mol. The predicted molar refractivity (Wildman–Crippen MR) is 88.9 cm³/mol. The Morgan fingerprint density at radius 3 is 2.71 bits per heavy atom. The summed E-state index contributed by atoms with van der Waals surface area (Å²) in [6.45, 7) is 8.48. The summed E-state index contributed by atoms with van der Waals surface area (Å²) in [4.78, 5) is 9.50. The topological polar surface area (TPSA) is 31.9 Å². The van der Waals surface area contributed by atoms with Gasteiger partial charge in [0.2, 0.25) is 0 Å². The van der Waals surface area contributed by atoms with Crippen LogP contribution in [0.15, 0.2) is 12.1 Å². The summed E-state index contributed by atoms with van der Waals surface area (Å²) in [6.07, 6.45) is -2.09. The number of aromatic nitrogens is 2.